The Hall–Kier alpha value is -3.09. The predicted molar refractivity (Wildman–Crippen MR) is 88.7 cm³/mol. The molecule has 2 N–H and O–H groups in total. The number of aryl methyl sites for hydroxylation is 4. The van der Waals surface area contributed by atoms with Crippen molar-refractivity contribution in [3.8, 4) is 11.3 Å². The molecule has 0 saturated heterocycles. The summed E-state index contributed by atoms with van der Waals surface area (Å²) in [6, 6.07) is 3.67. The molecule has 1 amide bonds. The lowest BCUT2D eigenvalue weighted by atomic mass is 9.93. The first-order valence-electron chi connectivity index (χ1n) is 7.76. The van der Waals surface area contributed by atoms with Crippen LogP contribution in [0, 0.1) is 13.8 Å². The molecule has 3 aromatic rings. The summed E-state index contributed by atoms with van der Waals surface area (Å²) in [6.45, 7) is 3.74. The van der Waals surface area contributed by atoms with E-state index in [1.54, 1.807) is 6.20 Å². The van der Waals surface area contributed by atoms with Crippen LogP contribution in [0.4, 0.5) is 5.69 Å². The lowest BCUT2D eigenvalue weighted by Crippen LogP contribution is -2.15. The zero-order valence-corrected chi connectivity index (χ0v) is 13.4. The van der Waals surface area contributed by atoms with Crippen molar-refractivity contribution in [1.29, 1.82) is 0 Å². The van der Waals surface area contributed by atoms with Crippen molar-refractivity contribution in [2.24, 2.45) is 0 Å². The van der Waals surface area contributed by atoms with E-state index in [-0.39, 0.29) is 5.91 Å². The maximum atomic E-state index is 12.7. The minimum absolute atomic E-state index is 0.276. The molecule has 1 aliphatic carbocycles. The molecule has 0 aromatic carbocycles. The van der Waals surface area contributed by atoms with Crippen LogP contribution < -0.4 is 5.32 Å². The highest BCUT2D eigenvalue weighted by Gasteiger charge is 2.27. The third-order valence-corrected chi connectivity index (χ3v) is 4.09. The molecule has 3 aromatic heterocycles. The van der Waals surface area contributed by atoms with E-state index >= 15 is 0 Å². The van der Waals surface area contributed by atoms with Crippen molar-refractivity contribution < 1.29 is 4.79 Å². The molecule has 24 heavy (non-hydrogen) atoms. The molecule has 1 aliphatic rings. The average molecular weight is 320 g/mol. The Morgan fingerprint density at radius 1 is 1.17 bits per heavy atom. The van der Waals surface area contributed by atoms with Crippen molar-refractivity contribution in [1.82, 2.24) is 25.1 Å². The summed E-state index contributed by atoms with van der Waals surface area (Å²) in [5.41, 5.74) is 5.44. The molecule has 3 heterocycles. The molecule has 0 radical (unpaired) electrons. The largest absolute Gasteiger partial charge is 0.319 e. The summed E-state index contributed by atoms with van der Waals surface area (Å²) in [4.78, 5) is 25.6. The van der Waals surface area contributed by atoms with Gasteiger partial charge < -0.3 is 5.32 Å². The number of nitrogens with one attached hydrogen (secondary N) is 2. The first-order chi connectivity index (χ1) is 11.6. The summed E-state index contributed by atoms with van der Waals surface area (Å²) in [6.07, 6.45) is 5.10. The normalized spacial score (nSPS) is 12.4. The van der Waals surface area contributed by atoms with Gasteiger partial charge in [-0.1, -0.05) is 0 Å². The molecule has 0 aliphatic heterocycles. The number of amides is 1. The second-order valence-electron chi connectivity index (χ2n) is 5.86. The second-order valence-corrected chi connectivity index (χ2v) is 5.86. The molecule has 7 nitrogen and oxygen atoms in total. The average Bonchev–Trinajstić information content (AvgIpc) is 3.01. The van der Waals surface area contributed by atoms with Crippen LogP contribution in [0.1, 0.15) is 33.3 Å². The number of fused-ring (bicyclic) bond motifs is 3. The highest BCUT2D eigenvalue weighted by atomic mass is 16.1. The van der Waals surface area contributed by atoms with Gasteiger partial charge in [-0.3, -0.25) is 14.9 Å². The molecule has 0 bridgehead atoms. The zero-order chi connectivity index (χ0) is 16.7. The van der Waals surface area contributed by atoms with Gasteiger partial charge in [-0.05, 0) is 44.4 Å². The lowest BCUT2D eigenvalue weighted by molar-refractivity contribution is 0.102. The monoisotopic (exact) mass is 320 g/mol. The zero-order valence-electron chi connectivity index (χ0n) is 13.4. The van der Waals surface area contributed by atoms with E-state index in [1.165, 1.54) is 0 Å². The van der Waals surface area contributed by atoms with Crippen molar-refractivity contribution >= 4 is 11.6 Å². The van der Waals surface area contributed by atoms with Crippen molar-refractivity contribution in [2.45, 2.75) is 26.7 Å². The van der Waals surface area contributed by atoms with Gasteiger partial charge in [0.05, 0.1) is 23.1 Å². The number of aromatic amines is 1. The highest BCUT2D eigenvalue weighted by molar-refractivity contribution is 6.07. The fraction of sp³-hybridized carbons (Fsp3) is 0.235. The van der Waals surface area contributed by atoms with Gasteiger partial charge in [-0.15, -0.1) is 0 Å². The molecule has 0 fully saturated rings. The number of pyridine rings is 1. The molecule has 0 spiro atoms. The standard InChI is InChI=1S/C17H16N6O/c1-9-3-5-12(8-18-9)21-17(24)16-14-13(22-23-16)6-4-11-7-19-10(2)20-15(11)14/h3,5,7-8H,4,6H2,1-2H3,(H,21,24)(H,22,23). The van der Waals surface area contributed by atoms with Crippen LogP contribution >= 0.6 is 0 Å². The topological polar surface area (TPSA) is 96.5 Å². The molecular formula is C17H16N6O. The van der Waals surface area contributed by atoms with Crippen LogP contribution in [0.5, 0.6) is 0 Å². The van der Waals surface area contributed by atoms with Gasteiger partial charge in [-0.25, -0.2) is 9.97 Å². The van der Waals surface area contributed by atoms with Gasteiger partial charge in [0.15, 0.2) is 5.69 Å². The van der Waals surface area contributed by atoms with Crippen molar-refractivity contribution in [3.63, 3.8) is 0 Å². The number of anilines is 1. The van der Waals surface area contributed by atoms with Gasteiger partial charge in [0.25, 0.3) is 5.91 Å². The van der Waals surface area contributed by atoms with Crippen LogP contribution in [0.3, 0.4) is 0 Å². The number of hydrogen-bond acceptors (Lipinski definition) is 5. The minimum atomic E-state index is -0.276. The van der Waals surface area contributed by atoms with Gasteiger partial charge in [0.1, 0.15) is 5.82 Å². The first kappa shape index (κ1) is 14.5. The third kappa shape index (κ3) is 2.44. The summed E-state index contributed by atoms with van der Waals surface area (Å²) < 4.78 is 0. The number of rotatable bonds is 2. The van der Waals surface area contributed by atoms with Crippen molar-refractivity contribution in [3.05, 3.63) is 53.0 Å². The number of nitrogens with zero attached hydrogens (tertiary/aromatic N) is 4. The highest BCUT2D eigenvalue weighted by Crippen LogP contribution is 2.33. The van der Waals surface area contributed by atoms with Crippen LogP contribution in [0.15, 0.2) is 24.5 Å². The minimum Gasteiger partial charge on any atom is -0.319 e. The van der Waals surface area contributed by atoms with Crippen molar-refractivity contribution in [2.75, 3.05) is 5.32 Å². The van der Waals surface area contributed by atoms with E-state index in [9.17, 15) is 4.79 Å². The van der Waals surface area contributed by atoms with E-state index in [2.05, 4.69) is 30.5 Å². The number of aromatic nitrogens is 5. The second kappa shape index (κ2) is 5.52. The Bertz CT molecular complexity index is 929. The molecular weight excluding hydrogens is 304 g/mol. The Labute approximate surface area is 138 Å². The van der Waals surface area contributed by atoms with Gasteiger partial charge >= 0.3 is 0 Å². The summed E-state index contributed by atoms with van der Waals surface area (Å²) >= 11 is 0. The van der Waals surface area contributed by atoms with E-state index < -0.39 is 0 Å². The number of hydrogen-bond donors (Lipinski definition) is 2. The number of carbonyl (C=O) groups is 1. The summed E-state index contributed by atoms with van der Waals surface area (Å²) in [7, 11) is 0. The Morgan fingerprint density at radius 3 is 2.83 bits per heavy atom. The number of carbonyl (C=O) groups excluding carboxylic acids is 1. The molecule has 120 valence electrons. The Morgan fingerprint density at radius 2 is 2.04 bits per heavy atom. The van der Waals surface area contributed by atoms with Gasteiger partial charge in [0.2, 0.25) is 0 Å². The quantitative estimate of drug-likeness (QED) is 0.755. The molecule has 4 rings (SSSR count). The maximum absolute atomic E-state index is 12.7. The molecule has 0 atom stereocenters. The number of H-pyrrole nitrogens is 1. The van der Waals surface area contributed by atoms with E-state index in [1.807, 2.05) is 32.2 Å². The van der Waals surface area contributed by atoms with E-state index in [0.717, 1.165) is 41.1 Å². The van der Waals surface area contributed by atoms with Crippen LogP contribution in [0.2, 0.25) is 0 Å². The van der Waals surface area contributed by atoms with Crippen LogP contribution in [-0.2, 0) is 12.8 Å². The maximum Gasteiger partial charge on any atom is 0.276 e. The fourth-order valence-corrected chi connectivity index (χ4v) is 2.86. The van der Waals surface area contributed by atoms with E-state index in [0.29, 0.717) is 17.2 Å². The fourth-order valence-electron chi connectivity index (χ4n) is 2.86. The predicted octanol–water partition coefficient (Wildman–Crippen LogP) is 2.23. The molecule has 0 saturated carbocycles. The van der Waals surface area contributed by atoms with Gasteiger partial charge in [0, 0.05) is 17.6 Å². The third-order valence-electron chi connectivity index (χ3n) is 4.09. The SMILES string of the molecule is Cc1ccc(NC(=O)c2n[nH]c3c2-c2nc(C)ncc2CC3)cn1. The van der Waals surface area contributed by atoms with Crippen LogP contribution in [-0.4, -0.2) is 31.1 Å². The summed E-state index contributed by atoms with van der Waals surface area (Å²) in [5.74, 6) is 0.402. The first-order valence-corrected chi connectivity index (χ1v) is 7.76. The summed E-state index contributed by atoms with van der Waals surface area (Å²) in [5, 5.41) is 10.0. The smallest absolute Gasteiger partial charge is 0.276 e. The van der Waals surface area contributed by atoms with Gasteiger partial charge in [-0.2, -0.15) is 5.10 Å². The molecule has 0 unspecified atom stereocenters. The Kier molecular flexibility index (Phi) is 3.34. The van der Waals surface area contributed by atoms with Crippen LogP contribution in [0.25, 0.3) is 11.3 Å². The molecule has 7 heteroatoms. The lowest BCUT2D eigenvalue weighted by Gasteiger charge is -2.15. The Balaban J connectivity index is 1.72. The van der Waals surface area contributed by atoms with E-state index in [4.69, 9.17) is 0 Å².